The lowest BCUT2D eigenvalue weighted by atomic mass is 9.86. The predicted octanol–water partition coefficient (Wildman–Crippen LogP) is 3.79. The van der Waals surface area contributed by atoms with Gasteiger partial charge in [0, 0.05) is 24.8 Å². The van der Waals surface area contributed by atoms with E-state index < -0.39 is 11.1 Å². The van der Waals surface area contributed by atoms with E-state index in [1.807, 2.05) is 31.3 Å². The second kappa shape index (κ2) is 10.3. The fourth-order valence-corrected chi connectivity index (χ4v) is 4.65. The third kappa shape index (κ3) is 5.22. The number of ether oxygens (including phenoxy) is 3. The summed E-state index contributed by atoms with van der Waals surface area (Å²) in [5, 5.41) is 4.01. The lowest BCUT2D eigenvalue weighted by Crippen LogP contribution is -2.62. The first kappa shape index (κ1) is 24.5. The molecule has 8 heteroatoms. The van der Waals surface area contributed by atoms with Gasteiger partial charge in [-0.25, -0.2) is 4.79 Å². The van der Waals surface area contributed by atoms with E-state index in [1.165, 1.54) is 7.11 Å². The molecule has 7 nitrogen and oxygen atoms in total. The first-order valence-corrected chi connectivity index (χ1v) is 12.0. The van der Waals surface area contributed by atoms with Gasteiger partial charge >= 0.3 is 5.97 Å². The fraction of sp³-hybridized carbons (Fsp3) is 0.462. The first-order chi connectivity index (χ1) is 16.4. The zero-order valence-corrected chi connectivity index (χ0v) is 20.4. The fourth-order valence-electron chi connectivity index (χ4n) is 4.52. The topological polar surface area (TPSA) is 77.1 Å². The van der Waals surface area contributed by atoms with Crippen LogP contribution in [0.25, 0.3) is 0 Å². The largest absolute Gasteiger partial charge is 0.492 e. The molecule has 1 N–H and O–H groups in total. The Hall–Kier alpha value is -2.61. The zero-order valence-electron chi connectivity index (χ0n) is 19.6. The maximum atomic E-state index is 13.7. The van der Waals surface area contributed by atoms with Gasteiger partial charge in [-0.15, -0.1) is 0 Å². The highest BCUT2D eigenvalue weighted by Crippen LogP contribution is 2.46. The van der Waals surface area contributed by atoms with Gasteiger partial charge in [-0.2, -0.15) is 0 Å². The molecule has 34 heavy (non-hydrogen) atoms. The zero-order chi connectivity index (χ0) is 24.2. The number of halogens is 1. The molecule has 0 unspecified atom stereocenters. The van der Waals surface area contributed by atoms with Gasteiger partial charge in [0.2, 0.25) is 5.91 Å². The van der Waals surface area contributed by atoms with Gasteiger partial charge in [-0.1, -0.05) is 23.7 Å². The minimum absolute atomic E-state index is 0.0133. The van der Waals surface area contributed by atoms with Crippen LogP contribution in [-0.4, -0.2) is 62.8 Å². The Morgan fingerprint density at radius 2 is 1.68 bits per heavy atom. The molecular weight excluding hydrogens is 456 g/mol. The molecule has 1 aliphatic carbocycles. The van der Waals surface area contributed by atoms with Crippen molar-refractivity contribution in [3.8, 4) is 5.75 Å². The van der Waals surface area contributed by atoms with Crippen molar-refractivity contribution in [3.05, 3.63) is 64.7 Å². The summed E-state index contributed by atoms with van der Waals surface area (Å²) < 4.78 is 16.2. The van der Waals surface area contributed by atoms with Crippen LogP contribution in [0.1, 0.15) is 41.6 Å². The first-order valence-electron chi connectivity index (χ1n) is 11.6. The minimum Gasteiger partial charge on any atom is -0.492 e. The summed E-state index contributed by atoms with van der Waals surface area (Å²) in [5.41, 5.74) is 0.444. The molecule has 2 fully saturated rings. The van der Waals surface area contributed by atoms with Gasteiger partial charge in [-0.3, -0.25) is 9.69 Å². The molecule has 2 aliphatic rings. The second-order valence-corrected chi connectivity index (χ2v) is 9.41. The van der Waals surface area contributed by atoms with Crippen molar-refractivity contribution in [2.24, 2.45) is 0 Å². The molecule has 2 aromatic rings. The van der Waals surface area contributed by atoms with E-state index >= 15 is 0 Å². The molecule has 0 bridgehead atoms. The highest BCUT2D eigenvalue weighted by molar-refractivity contribution is 6.30. The Bertz CT molecular complexity index is 999. The molecular formula is C26H31ClN2O5. The number of carbonyl (C=O) groups is 2. The molecule has 1 saturated carbocycles. The molecule has 1 aliphatic heterocycles. The number of hydrogen-bond donors (Lipinski definition) is 1. The van der Waals surface area contributed by atoms with Crippen LogP contribution in [0.5, 0.6) is 5.75 Å². The summed E-state index contributed by atoms with van der Waals surface area (Å²) in [4.78, 5) is 27.6. The van der Waals surface area contributed by atoms with E-state index in [0.717, 1.165) is 24.2 Å². The van der Waals surface area contributed by atoms with Crippen LogP contribution in [0.3, 0.4) is 0 Å². The monoisotopic (exact) mass is 486 g/mol. The smallest absolute Gasteiger partial charge is 0.337 e. The van der Waals surface area contributed by atoms with Crippen molar-refractivity contribution in [3.63, 3.8) is 0 Å². The van der Waals surface area contributed by atoms with Crippen LogP contribution in [0.2, 0.25) is 5.02 Å². The van der Waals surface area contributed by atoms with Gasteiger partial charge in [0.1, 0.15) is 17.9 Å². The highest BCUT2D eigenvalue weighted by Gasteiger charge is 2.51. The van der Waals surface area contributed by atoms with Crippen molar-refractivity contribution in [2.75, 3.05) is 40.5 Å². The molecule has 0 atom stereocenters. The molecule has 0 radical (unpaired) electrons. The Morgan fingerprint density at radius 1 is 1.03 bits per heavy atom. The average molecular weight is 487 g/mol. The van der Waals surface area contributed by atoms with E-state index in [1.54, 1.807) is 24.3 Å². The third-order valence-corrected chi connectivity index (χ3v) is 7.20. The van der Waals surface area contributed by atoms with Gasteiger partial charge in [-0.05, 0) is 74.7 Å². The Kier molecular flexibility index (Phi) is 7.45. The summed E-state index contributed by atoms with van der Waals surface area (Å²) in [7, 11) is 3.34. The lowest BCUT2D eigenvalue weighted by molar-refractivity contribution is -0.140. The van der Waals surface area contributed by atoms with Gasteiger partial charge in [0.25, 0.3) is 0 Å². The average Bonchev–Trinajstić information content (AvgIpc) is 3.65. The van der Waals surface area contributed by atoms with Crippen LogP contribution in [0, 0.1) is 0 Å². The molecule has 182 valence electrons. The van der Waals surface area contributed by atoms with Gasteiger partial charge < -0.3 is 19.5 Å². The number of methoxy groups -OCH3 is 1. The number of hydrogen-bond acceptors (Lipinski definition) is 6. The molecule has 2 aromatic carbocycles. The van der Waals surface area contributed by atoms with Crippen LogP contribution < -0.4 is 10.1 Å². The van der Waals surface area contributed by atoms with Crippen molar-refractivity contribution in [1.82, 2.24) is 10.2 Å². The molecule has 1 saturated heterocycles. The molecule has 0 spiro atoms. The summed E-state index contributed by atoms with van der Waals surface area (Å²) in [5.74, 6) is 0.388. The van der Waals surface area contributed by atoms with E-state index in [2.05, 4.69) is 10.2 Å². The molecule has 0 aromatic heterocycles. The SMILES string of the molecule is COC(=O)c1ccc(C2(NC(=O)C3(N(C)CCOc4ccc(Cl)cc4)CCOCC3)CC2)cc1. The number of esters is 1. The predicted molar refractivity (Wildman–Crippen MR) is 129 cm³/mol. The summed E-state index contributed by atoms with van der Waals surface area (Å²) in [6, 6.07) is 14.6. The van der Waals surface area contributed by atoms with Crippen LogP contribution in [-0.2, 0) is 19.8 Å². The lowest BCUT2D eigenvalue weighted by Gasteiger charge is -2.43. The van der Waals surface area contributed by atoms with Gasteiger partial charge in [0.05, 0.1) is 18.2 Å². The standard InChI is InChI=1S/C26H31ClN2O5/c1-29(15-18-34-22-9-7-21(27)8-10-22)26(13-16-33-17-14-26)24(31)28-25(11-12-25)20-5-3-19(4-6-20)23(30)32-2/h3-10H,11-18H2,1-2H3,(H,28,31). The van der Waals surface area contributed by atoms with Crippen LogP contribution in [0.4, 0.5) is 0 Å². The maximum Gasteiger partial charge on any atom is 0.337 e. The summed E-state index contributed by atoms with van der Waals surface area (Å²) in [6.07, 6.45) is 2.97. The molecule has 4 rings (SSSR count). The summed E-state index contributed by atoms with van der Waals surface area (Å²) >= 11 is 5.94. The Balaban J connectivity index is 1.43. The van der Waals surface area contributed by atoms with Gasteiger partial charge in [0.15, 0.2) is 0 Å². The Morgan fingerprint density at radius 3 is 2.26 bits per heavy atom. The Labute approximate surface area is 205 Å². The molecule has 1 heterocycles. The molecule has 1 amide bonds. The third-order valence-electron chi connectivity index (χ3n) is 6.94. The number of likely N-dealkylation sites (N-methyl/N-ethyl adjacent to an activating group) is 1. The van der Waals surface area contributed by atoms with E-state index in [-0.39, 0.29) is 11.9 Å². The quantitative estimate of drug-likeness (QED) is 0.543. The number of carbonyl (C=O) groups excluding carboxylic acids is 2. The number of nitrogens with one attached hydrogen (secondary N) is 1. The van der Waals surface area contributed by atoms with Crippen molar-refractivity contribution >= 4 is 23.5 Å². The number of rotatable bonds is 9. The highest BCUT2D eigenvalue weighted by atomic mass is 35.5. The normalized spacial score (nSPS) is 18.2. The second-order valence-electron chi connectivity index (χ2n) is 8.97. The van der Waals surface area contributed by atoms with Crippen molar-refractivity contribution < 1.29 is 23.8 Å². The van der Waals surface area contributed by atoms with Crippen LogP contribution in [0.15, 0.2) is 48.5 Å². The van der Waals surface area contributed by atoms with E-state index in [9.17, 15) is 9.59 Å². The maximum absolute atomic E-state index is 13.7. The van der Waals surface area contributed by atoms with E-state index in [4.69, 9.17) is 25.8 Å². The number of amides is 1. The minimum atomic E-state index is -0.664. The van der Waals surface area contributed by atoms with Crippen LogP contribution >= 0.6 is 11.6 Å². The number of benzene rings is 2. The van der Waals surface area contributed by atoms with Crippen molar-refractivity contribution in [2.45, 2.75) is 36.8 Å². The van der Waals surface area contributed by atoms with Crippen molar-refractivity contribution in [1.29, 1.82) is 0 Å². The number of nitrogens with zero attached hydrogens (tertiary/aromatic N) is 1. The summed E-state index contributed by atoms with van der Waals surface area (Å²) in [6.45, 7) is 2.12. The van der Waals surface area contributed by atoms with E-state index in [0.29, 0.717) is 49.8 Å².